The van der Waals surface area contributed by atoms with E-state index in [0.717, 1.165) is 11.3 Å². The molecule has 1 saturated heterocycles. The van der Waals surface area contributed by atoms with Gasteiger partial charge in [0.25, 0.3) is 0 Å². The highest BCUT2D eigenvalue weighted by Gasteiger charge is 2.38. The smallest absolute Gasteiger partial charge is 0.223 e. The van der Waals surface area contributed by atoms with Crippen LogP contribution >= 0.6 is 0 Å². The average molecular weight is 337 g/mol. The Morgan fingerprint density at radius 2 is 1.96 bits per heavy atom. The van der Waals surface area contributed by atoms with E-state index in [1.54, 1.807) is 33.3 Å². The third-order valence-corrected chi connectivity index (χ3v) is 4.58. The van der Waals surface area contributed by atoms with Crippen LogP contribution in [0.3, 0.4) is 0 Å². The van der Waals surface area contributed by atoms with E-state index in [4.69, 9.17) is 18.9 Å². The maximum atomic E-state index is 12.6. The fourth-order valence-corrected chi connectivity index (χ4v) is 3.10. The summed E-state index contributed by atoms with van der Waals surface area (Å²) < 4.78 is 21.9. The summed E-state index contributed by atoms with van der Waals surface area (Å²) in [4.78, 5) is 14.3. The van der Waals surface area contributed by atoms with Crippen molar-refractivity contribution in [1.82, 2.24) is 4.90 Å². The highest BCUT2D eigenvalue weighted by Crippen LogP contribution is 2.22. The van der Waals surface area contributed by atoms with Gasteiger partial charge in [-0.1, -0.05) is 18.2 Å². The van der Waals surface area contributed by atoms with Crippen molar-refractivity contribution >= 4 is 5.91 Å². The van der Waals surface area contributed by atoms with Gasteiger partial charge in [-0.3, -0.25) is 4.79 Å². The molecule has 1 amide bonds. The van der Waals surface area contributed by atoms with Crippen molar-refractivity contribution in [2.45, 2.75) is 31.1 Å². The molecular formula is C18H27NO5. The first-order valence-electron chi connectivity index (χ1n) is 8.13. The minimum Gasteiger partial charge on any atom is -0.496 e. The lowest BCUT2D eigenvalue weighted by Crippen LogP contribution is -2.57. The molecule has 1 fully saturated rings. The van der Waals surface area contributed by atoms with E-state index in [0.29, 0.717) is 26.1 Å². The number of hydrogen-bond donors (Lipinski definition) is 0. The molecule has 0 saturated carbocycles. The number of rotatable bonds is 7. The molecule has 1 aliphatic heterocycles. The van der Waals surface area contributed by atoms with Crippen LogP contribution in [0.25, 0.3) is 0 Å². The van der Waals surface area contributed by atoms with Gasteiger partial charge in [0.15, 0.2) is 0 Å². The molecule has 0 aliphatic carbocycles. The van der Waals surface area contributed by atoms with Crippen molar-refractivity contribution in [1.29, 1.82) is 0 Å². The molecule has 0 bridgehead atoms. The van der Waals surface area contributed by atoms with Crippen LogP contribution in [0, 0.1) is 0 Å². The van der Waals surface area contributed by atoms with Crippen molar-refractivity contribution in [2.75, 3.05) is 41.6 Å². The van der Waals surface area contributed by atoms with Gasteiger partial charge in [-0.05, 0) is 18.1 Å². The Kier molecular flexibility index (Phi) is 7.02. The molecule has 0 radical (unpaired) electrons. The molecule has 134 valence electrons. The highest BCUT2D eigenvalue weighted by atomic mass is 16.6. The van der Waals surface area contributed by atoms with Gasteiger partial charge in [0.2, 0.25) is 5.91 Å². The summed E-state index contributed by atoms with van der Waals surface area (Å²) in [6.07, 6.45) is 0.676. The van der Waals surface area contributed by atoms with Crippen LogP contribution in [0.15, 0.2) is 24.3 Å². The molecule has 2 rings (SSSR count). The van der Waals surface area contributed by atoms with Crippen LogP contribution < -0.4 is 4.74 Å². The number of carbonyl (C=O) groups is 1. The first-order chi connectivity index (χ1) is 11.6. The van der Waals surface area contributed by atoms with E-state index in [1.165, 1.54) is 0 Å². The number of hydrogen-bond acceptors (Lipinski definition) is 5. The molecule has 1 aromatic rings. The minimum absolute atomic E-state index is 0.0494. The Labute approximate surface area is 143 Å². The monoisotopic (exact) mass is 337 g/mol. The molecule has 3 atom stereocenters. The van der Waals surface area contributed by atoms with Crippen LogP contribution in [-0.2, 0) is 25.4 Å². The lowest BCUT2D eigenvalue weighted by atomic mass is 10.0. The van der Waals surface area contributed by atoms with Gasteiger partial charge in [-0.25, -0.2) is 0 Å². The molecule has 1 aliphatic rings. The summed E-state index contributed by atoms with van der Waals surface area (Å²) >= 11 is 0. The fourth-order valence-electron chi connectivity index (χ4n) is 3.10. The molecule has 1 aromatic carbocycles. The average Bonchev–Trinajstić information content (AvgIpc) is 2.64. The number of amides is 1. The first-order valence-corrected chi connectivity index (χ1v) is 8.13. The summed E-state index contributed by atoms with van der Waals surface area (Å²) in [6.45, 7) is 0.935. The second kappa shape index (κ2) is 9.01. The number of nitrogens with zero attached hydrogens (tertiary/aromatic N) is 1. The van der Waals surface area contributed by atoms with Crippen LogP contribution in [0.1, 0.15) is 12.0 Å². The normalized spacial score (nSPS) is 23.8. The summed E-state index contributed by atoms with van der Waals surface area (Å²) in [7, 11) is 6.71. The standard InChI is InChI=1S/C18H27NO5/c1-19(14-11-24-12-16(22-3)18(14)23-4)17(20)10-9-13-7-5-6-8-15(13)21-2/h5-8,14,16,18H,9-12H2,1-4H3/t14-,16-,18+/m1/s1. The predicted octanol–water partition coefficient (Wildman–Crippen LogP) is 1.51. The van der Waals surface area contributed by atoms with Crippen LogP contribution in [0.5, 0.6) is 5.75 Å². The van der Waals surface area contributed by atoms with Crippen LogP contribution in [0.4, 0.5) is 0 Å². The first kappa shape index (κ1) is 18.7. The topological polar surface area (TPSA) is 57.2 Å². The van der Waals surface area contributed by atoms with Gasteiger partial charge in [0.05, 0.1) is 26.4 Å². The number of benzene rings is 1. The maximum Gasteiger partial charge on any atom is 0.223 e. The van der Waals surface area contributed by atoms with E-state index in [2.05, 4.69) is 0 Å². The van der Waals surface area contributed by atoms with E-state index in [-0.39, 0.29) is 24.2 Å². The summed E-state index contributed by atoms with van der Waals surface area (Å²) in [5, 5.41) is 0. The van der Waals surface area contributed by atoms with Crippen molar-refractivity contribution in [3.63, 3.8) is 0 Å². The molecule has 1 heterocycles. The largest absolute Gasteiger partial charge is 0.496 e. The molecule has 6 heteroatoms. The zero-order valence-corrected chi connectivity index (χ0v) is 14.9. The van der Waals surface area contributed by atoms with Gasteiger partial charge in [0.1, 0.15) is 18.0 Å². The van der Waals surface area contributed by atoms with Crippen LogP contribution in [-0.4, -0.2) is 70.6 Å². The summed E-state index contributed by atoms with van der Waals surface area (Å²) in [6, 6.07) is 7.60. The Balaban J connectivity index is 1.98. The van der Waals surface area contributed by atoms with E-state index in [9.17, 15) is 4.79 Å². The highest BCUT2D eigenvalue weighted by molar-refractivity contribution is 5.76. The van der Waals surface area contributed by atoms with Gasteiger partial charge in [0, 0.05) is 27.7 Å². The van der Waals surface area contributed by atoms with Gasteiger partial charge >= 0.3 is 0 Å². The SMILES string of the molecule is COc1ccccc1CCC(=O)N(C)[C@@H]1COC[C@@H](OC)[C@H]1OC. The molecule has 0 spiro atoms. The Hall–Kier alpha value is -1.63. The molecule has 6 nitrogen and oxygen atoms in total. The summed E-state index contributed by atoms with van der Waals surface area (Å²) in [5.41, 5.74) is 1.03. The quantitative estimate of drug-likeness (QED) is 0.755. The predicted molar refractivity (Wildman–Crippen MR) is 90.3 cm³/mol. The Morgan fingerprint density at radius 1 is 1.21 bits per heavy atom. The molecule has 0 unspecified atom stereocenters. The lowest BCUT2D eigenvalue weighted by molar-refractivity contribution is -0.164. The summed E-state index contributed by atoms with van der Waals surface area (Å²) in [5.74, 6) is 0.858. The molecule has 24 heavy (non-hydrogen) atoms. The van der Waals surface area contributed by atoms with E-state index >= 15 is 0 Å². The zero-order chi connectivity index (χ0) is 17.5. The van der Waals surface area contributed by atoms with Gasteiger partial charge in [-0.15, -0.1) is 0 Å². The Morgan fingerprint density at radius 3 is 2.62 bits per heavy atom. The van der Waals surface area contributed by atoms with Crippen LogP contribution in [0.2, 0.25) is 0 Å². The number of methoxy groups -OCH3 is 3. The van der Waals surface area contributed by atoms with Gasteiger partial charge in [-0.2, -0.15) is 0 Å². The number of likely N-dealkylation sites (N-methyl/N-ethyl adjacent to an activating group) is 1. The third-order valence-electron chi connectivity index (χ3n) is 4.58. The van der Waals surface area contributed by atoms with Crippen molar-refractivity contribution in [3.05, 3.63) is 29.8 Å². The number of carbonyl (C=O) groups excluding carboxylic acids is 1. The molecule has 0 aromatic heterocycles. The second-order valence-corrected chi connectivity index (χ2v) is 5.90. The van der Waals surface area contributed by atoms with Crippen molar-refractivity contribution in [3.8, 4) is 5.75 Å². The second-order valence-electron chi connectivity index (χ2n) is 5.90. The Bertz CT molecular complexity index is 536. The number of para-hydroxylation sites is 1. The number of aryl methyl sites for hydroxylation is 1. The van der Waals surface area contributed by atoms with Crippen molar-refractivity contribution in [2.24, 2.45) is 0 Å². The zero-order valence-electron chi connectivity index (χ0n) is 14.9. The lowest BCUT2D eigenvalue weighted by Gasteiger charge is -2.40. The van der Waals surface area contributed by atoms with E-state index in [1.807, 2.05) is 24.3 Å². The maximum absolute atomic E-state index is 12.6. The molecule has 0 N–H and O–H groups in total. The van der Waals surface area contributed by atoms with Crippen molar-refractivity contribution < 1.29 is 23.7 Å². The number of ether oxygens (including phenoxy) is 4. The fraction of sp³-hybridized carbons (Fsp3) is 0.611. The third kappa shape index (κ3) is 4.26. The molecular weight excluding hydrogens is 310 g/mol. The minimum atomic E-state index is -0.191. The van der Waals surface area contributed by atoms with E-state index < -0.39 is 0 Å². The van der Waals surface area contributed by atoms with Gasteiger partial charge < -0.3 is 23.8 Å².